The highest BCUT2D eigenvalue weighted by Crippen LogP contribution is 2.18. The fourth-order valence-electron chi connectivity index (χ4n) is 1.53. The highest BCUT2D eigenvalue weighted by molar-refractivity contribution is 7.90. The third kappa shape index (κ3) is 3.80. The fraction of sp³-hybridized carbons (Fsp3) is 0. The second-order valence-electron chi connectivity index (χ2n) is 3.95. The summed E-state index contributed by atoms with van der Waals surface area (Å²) in [6, 6.07) is 15.1. The molecule has 0 fully saturated rings. The van der Waals surface area contributed by atoms with Gasteiger partial charge in [-0.1, -0.05) is 42.5 Å². The molecule has 0 unspecified atom stereocenters. The number of hydrogen-bond acceptors (Lipinski definition) is 4. The summed E-state index contributed by atoms with van der Waals surface area (Å²) < 4.78 is 28.5. The quantitative estimate of drug-likeness (QED) is 0.627. The number of rotatable bonds is 5. The van der Waals surface area contributed by atoms with Gasteiger partial charge in [0.2, 0.25) is 0 Å². The van der Waals surface area contributed by atoms with Gasteiger partial charge in [-0.15, -0.1) is 0 Å². The first-order valence-corrected chi connectivity index (χ1v) is 7.30. The van der Waals surface area contributed by atoms with Gasteiger partial charge in [0.05, 0.1) is 11.0 Å². The highest BCUT2D eigenvalue weighted by atomic mass is 32.2. The van der Waals surface area contributed by atoms with E-state index in [9.17, 15) is 13.2 Å². The molecule has 0 aliphatic heterocycles. The van der Waals surface area contributed by atoms with E-state index in [-0.39, 0.29) is 11.3 Å². The summed E-state index contributed by atoms with van der Waals surface area (Å²) in [7, 11) is -3.90. The van der Waals surface area contributed by atoms with Crippen LogP contribution in [0.15, 0.2) is 60.0 Å². The zero-order chi connectivity index (χ0) is 14.4. The van der Waals surface area contributed by atoms with Crippen LogP contribution in [0, 0.1) is 0 Å². The first kappa shape index (κ1) is 14.0. The Morgan fingerprint density at radius 3 is 2.25 bits per heavy atom. The second-order valence-corrected chi connectivity index (χ2v) is 5.37. The maximum absolute atomic E-state index is 11.8. The van der Waals surface area contributed by atoms with Crippen molar-refractivity contribution >= 4 is 22.5 Å². The van der Waals surface area contributed by atoms with Crippen molar-refractivity contribution in [3.63, 3.8) is 0 Å². The molecule has 102 valence electrons. The molecule has 0 amide bonds. The molecule has 2 rings (SSSR count). The minimum Gasteiger partial charge on any atom is -0.379 e. The minimum absolute atomic E-state index is 0.0141. The largest absolute Gasteiger partial charge is 0.379 e. The van der Waals surface area contributed by atoms with Gasteiger partial charge in [-0.2, -0.15) is 8.42 Å². The number of para-hydroxylation sites is 1. The molecule has 2 aromatic carbocycles. The number of hydrogen-bond donors (Lipinski definition) is 0. The van der Waals surface area contributed by atoms with Crippen molar-refractivity contribution in [2.45, 2.75) is 0 Å². The maximum Gasteiger partial charge on any atom is 0.332 e. The summed E-state index contributed by atoms with van der Waals surface area (Å²) in [5.74, 6) is 0.0141. The van der Waals surface area contributed by atoms with Crippen molar-refractivity contribution in [2.75, 3.05) is 0 Å². The summed E-state index contributed by atoms with van der Waals surface area (Å²) >= 11 is 0. The molecular weight excluding hydrogens is 276 g/mol. The standard InChI is InChI=1S/C15H12O4S/c16-12-14-8-4-5-9-15(14)19-20(17,18)11-10-13-6-2-1-3-7-13/h1-12H/b11-10+. The van der Waals surface area contributed by atoms with Gasteiger partial charge < -0.3 is 4.18 Å². The molecule has 4 nitrogen and oxygen atoms in total. The predicted octanol–water partition coefficient (Wildman–Crippen LogP) is 2.88. The lowest BCUT2D eigenvalue weighted by atomic mass is 10.2. The van der Waals surface area contributed by atoms with Crippen LogP contribution in [0.3, 0.4) is 0 Å². The summed E-state index contributed by atoms with van der Waals surface area (Å²) in [5.41, 5.74) is 0.924. The van der Waals surface area contributed by atoms with Gasteiger partial charge in [0.15, 0.2) is 12.0 Å². The summed E-state index contributed by atoms with van der Waals surface area (Å²) in [6.45, 7) is 0. The van der Waals surface area contributed by atoms with Crippen LogP contribution in [0.25, 0.3) is 6.08 Å². The monoisotopic (exact) mass is 288 g/mol. The molecule has 0 bridgehead atoms. The van der Waals surface area contributed by atoms with E-state index >= 15 is 0 Å². The molecule has 0 N–H and O–H groups in total. The minimum atomic E-state index is -3.90. The number of aldehydes is 1. The van der Waals surface area contributed by atoms with E-state index in [1.54, 1.807) is 36.4 Å². The molecule has 0 saturated carbocycles. The van der Waals surface area contributed by atoms with Gasteiger partial charge in [0, 0.05) is 0 Å². The van der Waals surface area contributed by atoms with Crippen LogP contribution >= 0.6 is 0 Å². The van der Waals surface area contributed by atoms with Crippen molar-refractivity contribution in [2.24, 2.45) is 0 Å². The molecule has 2 aromatic rings. The van der Waals surface area contributed by atoms with Crippen LogP contribution in [-0.4, -0.2) is 14.7 Å². The van der Waals surface area contributed by atoms with Crippen molar-refractivity contribution in [3.8, 4) is 5.75 Å². The van der Waals surface area contributed by atoms with E-state index < -0.39 is 10.1 Å². The Bertz CT molecular complexity index is 719. The summed E-state index contributed by atoms with van der Waals surface area (Å²) in [5, 5.41) is 0.962. The Kier molecular flexibility index (Phi) is 4.32. The second kappa shape index (κ2) is 6.16. The molecule has 0 aromatic heterocycles. The Morgan fingerprint density at radius 2 is 1.55 bits per heavy atom. The van der Waals surface area contributed by atoms with E-state index in [0.717, 1.165) is 11.0 Å². The molecule has 0 heterocycles. The maximum atomic E-state index is 11.8. The Labute approximate surface area is 117 Å². The van der Waals surface area contributed by atoms with Crippen molar-refractivity contribution in [1.29, 1.82) is 0 Å². The molecule has 5 heteroatoms. The van der Waals surface area contributed by atoms with E-state index in [1.807, 2.05) is 6.07 Å². The Balaban J connectivity index is 2.20. The lowest BCUT2D eigenvalue weighted by Crippen LogP contribution is -2.06. The van der Waals surface area contributed by atoms with E-state index in [2.05, 4.69) is 0 Å². The fourth-order valence-corrected chi connectivity index (χ4v) is 2.31. The Morgan fingerprint density at radius 1 is 0.900 bits per heavy atom. The molecule has 0 saturated heterocycles. The first-order valence-electron chi connectivity index (χ1n) is 5.82. The van der Waals surface area contributed by atoms with Crippen LogP contribution in [0.4, 0.5) is 0 Å². The molecule has 0 radical (unpaired) electrons. The van der Waals surface area contributed by atoms with Gasteiger partial charge in [-0.05, 0) is 23.8 Å². The van der Waals surface area contributed by atoms with Crippen LogP contribution < -0.4 is 4.18 Å². The molecule has 0 spiro atoms. The third-order valence-corrected chi connectivity index (χ3v) is 3.36. The van der Waals surface area contributed by atoms with Gasteiger partial charge in [0.1, 0.15) is 0 Å². The van der Waals surface area contributed by atoms with E-state index in [0.29, 0.717) is 6.29 Å². The average Bonchev–Trinajstić information content (AvgIpc) is 2.47. The normalized spacial score (nSPS) is 11.4. The van der Waals surface area contributed by atoms with Crippen molar-refractivity contribution < 1.29 is 17.4 Å². The Hall–Kier alpha value is -2.40. The number of carbonyl (C=O) groups excluding carboxylic acids is 1. The van der Waals surface area contributed by atoms with Crippen LogP contribution in [-0.2, 0) is 10.1 Å². The van der Waals surface area contributed by atoms with E-state index in [1.165, 1.54) is 18.2 Å². The SMILES string of the molecule is O=Cc1ccccc1OS(=O)(=O)/C=C/c1ccccc1. The molecule has 20 heavy (non-hydrogen) atoms. The molecule has 0 aliphatic carbocycles. The first-order chi connectivity index (χ1) is 9.61. The van der Waals surface area contributed by atoms with Crippen LogP contribution in [0.5, 0.6) is 5.75 Å². The van der Waals surface area contributed by atoms with Gasteiger partial charge in [-0.3, -0.25) is 4.79 Å². The van der Waals surface area contributed by atoms with E-state index in [4.69, 9.17) is 4.18 Å². The van der Waals surface area contributed by atoms with Gasteiger partial charge >= 0.3 is 10.1 Å². The smallest absolute Gasteiger partial charge is 0.332 e. The average molecular weight is 288 g/mol. The van der Waals surface area contributed by atoms with Crippen LogP contribution in [0.2, 0.25) is 0 Å². The van der Waals surface area contributed by atoms with Gasteiger partial charge in [-0.25, -0.2) is 0 Å². The molecular formula is C15H12O4S. The molecule has 0 atom stereocenters. The zero-order valence-corrected chi connectivity index (χ0v) is 11.3. The number of benzene rings is 2. The summed E-state index contributed by atoms with van der Waals surface area (Å²) in [4.78, 5) is 10.8. The van der Waals surface area contributed by atoms with Gasteiger partial charge in [0.25, 0.3) is 0 Å². The van der Waals surface area contributed by atoms with Crippen molar-refractivity contribution in [1.82, 2.24) is 0 Å². The molecule has 0 aliphatic rings. The number of carbonyl (C=O) groups is 1. The predicted molar refractivity (Wildman–Crippen MR) is 76.9 cm³/mol. The highest BCUT2D eigenvalue weighted by Gasteiger charge is 2.11. The lowest BCUT2D eigenvalue weighted by molar-refractivity contribution is 0.112. The summed E-state index contributed by atoms with van der Waals surface area (Å²) in [6.07, 6.45) is 1.98. The zero-order valence-electron chi connectivity index (χ0n) is 10.5. The topological polar surface area (TPSA) is 60.4 Å². The van der Waals surface area contributed by atoms with Crippen LogP contribution in [0.1, 0.15) is 15.9 Å². The third-order valence-electron chi connectivity index (χ3n) is 2.48. The van der Waals surface area contributed by atoms with Crippen molar-refractivity contribution in [3.05, 3.63) is 71.1 Å². The lowest BCUT2D eigenvalue weighted by Gasteiger charge is -2.05.